The lowest BCUT2D eigenvalue weighted by atomic mass is 10.1. The van der Waals surface area contributed by atoms with Gasteiger partial charge in [0, 0.05) is 26.6 Å². The number of aryl methyl sites for hydroxylation is 1. The van der Waals surface area contributed by atoms with Gasteiger partial charge in [-0.2, -0.15) is 0 Å². The second-order valence-corrected chi connectivity index (χ2v) is 7.52. The standard InChI is InChI=1S/C21H30N4O3/c1-4-6-7-14-24(13-5-2)15-9-8-10-16-19(15)23(3)21(28)25(16)17-11-12-18(26)22-20(17)27/h8-10,17H,4-7,11-14H2,1-3H3,(H,22,26,27). The van der Waals surface area contributed by atoms with Crippen molar-refractivity contribution in [2.24, 2.45) is 7.05 Å². The number of aromatic nitrogens is 2. The minimum Gasteiger partial charge on any atom is -0.370 e. The molecule has 0 radical (unpaired) electrons. The van der Waals surface area contributed by atoms with E-state index in [0.717, 1.165) is 49.1 Å². The Morgan fingerprint density at radius 2 is 1.89 bits per heavy atom. The number of amides is 2. The number of carbonyl (C=O) groups is 2. The fourth-order valence-corrected chi connectivity index (χ4v) is 4.08. The Bertz CT molecular complexity index is 928. The van der Waals surface area contributed by atoms with Gasteiger partial charge in [-0.15, -0.1) is 0 Å². The second-order valence-electron chi connectivity index (χ2n) is 7.52. The maximum atomic E-state index is 13.1. The summed E-state index contributed by atoms with van der Waals surface area (Å²) in [6.07, 6.45) is 5.06. The van der Waals surface area contributed by atoms with Gasteiger partial charge < -0.3 is 4.90 Å². The van der Waals surface area contributed by atoms with E-state index < -0.39 is 11.9 Å². The zero-order valence-electron chi connectivity index (χ0n) is 17.0. The van der Waals surface area contributed by atoms with E-state index in [2.05, 4.69) is 30.1 Å². The SMILES string of the molecule is CCCCCN(CCC)c1cccc2c1n(C)c(=O)n2C1CCC(=O)NC1=O. The van der Waals surface area contributed by atoms with Gasteiger partial charge in [0.15, 0.2) is 0 Å². The number of piperidine rings is 1. The lowest BCUT2D eigenvalue weighted by Gasteiger charge is -2.26. The number of imidazole rings is 1. The molecule has 1 aliphatic rings. The van der Waals surface area contributed by atoms with Crippen LogP contribution in [0.2, 0.25) is 0 Å². The van der Waals surface area contributed by atoms with Gasteiger partial charge in [0.25, 0.3) is 0 Å². The molecule has 0 aliphatic carbocycles. The number of nitrogens with zero attached hydrogens (tertiary/aromatic N) is 3. The van der Waals surface area contributed by atoms with Crippen LogP contribution in [0.25, 0.3) is 11.0 Å². The Morgan fingerprint density at radius 1 is 1.11 bits per heavy atom. The average molecular weight is 386 g/mol. The van der Waals surface area contributed by atoms with Gasteiger partial charge in [-0.3, -0.25) is 24.0 Å². The summed E-state index contributed by atoms with van der Waals surface area (Å²) in [4.78, 5) is 39.3. The van der Waals surface area contributed by atoms with Crippen molar-refractivity contribution in [3.63, 3.8) is 0 Å². The Balaban J connectivity index is 2.08. The Labute approximate surface area is 165 Å². The predicted molar refractivity (Wildman–Crippen MR) is 111 cm³/mol. The van der Waals surface area contributed by atoms with Gasteiger partial charge in [0.05, 0.1) is 16.7 Å². The monoisotopic (exact) mass is 386 g/mol. The number of para-hydroxylation sites is 1. The number of anilines is 1. The van der Waals surface area contributed by atoms with E-state index in [4.69, 9.17) is 0 Å². The summed E-state index contributed by atoms with van der Waals surface area (Å²) in [5, 5.41) is 2.36. The Hall–Kier alpha value is -2.57. The largest absolute Gasteiger partial charge is 0.370 e. The van der Waals surface area contributed by atoms with Crippen molar-refractivity contribution < 1.29 is 9.59 Å². The normalized spacial score (nSPS) is 17.2. The third-order valence-corrected chi connectivity index (χ3v) is 5.47. The topological polar surface area (TPSA) is 76.3 Å². The molecule has 0 bridgehead atoms. The first-order chi connectivity index (χ1) is 13.5. The highest BCUT2D eigenvalue weighted by Crippen LogP contribution is 2.30. The quantitative estimate of drug-likeness (QED) is 0.559. The van der Waals surface area contributed by atoms with Gasteiger partial charge in [0.1, 0.15) is 6.04 Å². The Morgan fingerprint density at radius 3 is 2.57 bits per heavy atom. The van der Waals surface area contributed by atoms with E-state index in [0.29, 0.717) is 6.42 Å². The van der Waals surface area contributed by atoms with E-state index in [-0.39, 0.29) is 18.0 Å². The van der Waals surface area contributed by atoms with Crippen molar-refractivity contribution in [3.8, 4) is 0 Å². The molecule has 1 fully saturated rings. The first-order valence-electron chi connectivity index (χ1n) is 10.3. The van der Waals surface area contributed by atoms with Gasteiger partial charge in [-0.1, -0.05) is 32.8 Å². The highest BCUT2D eigenvalue weighted by atomic mass is 16.2. The maximum Gasteiger partial charge on any atom is 0.329 e. The molecule has 2 heterocycles. The molecule has 1 aromatic heterocycles. The summed E-state index contributed by atoms with van der Waals surface area (Å²) in [5.74, 6) is -0.676. The molecule has 2 amide bonds. The number of hydrogen-bond acceptors (Lipinski definition) is 4. The van der Waals surface area contributed by atoms with E-state index in [1.54, 1.807) is 16.2 Å². The molecule has 1 aromatic carbocycles. The van der Waals surface area contributed by atoms with Crippen molar-refractivity contribution >= 4 is 28.5 Å². The number of benzene rings is 1. The van der Waals surface area contributed by atoms with Crippen LogP contribution in [0.15, 0.2) is 23.0 Å². The van der Waals surface area contributed by atoms with E-state index in [9.17, 15) is 14.4 Å². The average Bonchev–Trinajstić information content (AvgIpc) is 2.92. The summed E-state index contributed by atoms with van der Waals surface area (Å²) < 4.78 is 3.19. The van der Waals surface area contributed by atoms with Crippen LogP contribution < -0.4 is 15.9 Å². The van der Waals surface area contributed by atoms with Gasteiger partial charge >= 0.3 is 5.69 Å². The molecule has 1 atom stereocenters. The molecular formula is C21H30N4O3. The minimum atomic E-state index is -0.649. The third-order valence-electron chi connectivity index (χ3n) is 5.47. The van der Waals surface area contributed by atoms with Crippen LogP contribution in [0.1, 0.15) is 58.4 Å². The molecule has 152 valence electrons. The predicted octanol–water partition coefficient (Wildman–Crippen LogP) is 2.72. The summed E-state index contributed by atoms with van der Waals surface area (Å²) in [7, 11) is 1.76. The maximum absolute atomic E-state index is 13.1. The zero-order valence-corrected chi connectivity index (χ0v) is 17.0. The molecule has 28 heavy (non-hydrogen) atoms. The molecule has 7 heteroatoms. The van der Waals surface area contributed by atoms with Crippen molar-refractivity contribution in [2.75, 3.05) is 18.0 Å². The Kier molecular flexibility index (Phi) is 6.21. The first kappa shape index (κ1) is 20.2. The number of imide groups is 1. The van der Waals surface area contributed by atoms with Crippen LogP contribution in [0.4, 0.5) is 5.69 Å². The molecule has 1 unspecified atom stereocenters. The number of carbonyl (C=O) groups excluding carboxylic acids is 2. The van der Waals surface area contributed by atoms with Crippen molar-refractivity contribution in [2.45, 2.75) is 58.4 Å². The third kappa shape index (κ3) is 3.70. The van der Waals surface area contributed by atoms with E-state index >= 15 is 0 Å². The van der Waals surface area contributed by atoms with Crippen LogP contribution in [0.3, 0.4) is 0 Å². The highest BCUT2D eigenvalue weighted by molar-refractivity contribution is 6.00. The van der Waals surface area contributed by atoms with Crippen LogP contribution in [0.5, 0.6) is 0 Å². The molecule has 0 saturated carbocycles. The second kappa shape index (κ2) is 8.63. The van der Waals surface area contributed by atoms with Crippen molar-refractivity contribution in [1.82, 2.24) is 14.5 Å². The van der Waals surface area contributed by atoms with Crippen molar-refractivity contribution in [1.29, 1.82) is 0 Å². The van der Waals surface area contributed by atoms with Crippen LogP contribution in [-0.2, 0) is 16.6 Å². The van der Waals surface area contributed by atoms with Gasteiger partial charge in [-0.05, 0) is 31.4 Å². The number of nitrogens with one attached hydrogen (secondary N) is 1. The van der Waals surface area contributed by atoms with Crippen LogP contribution >= 0.6 is 0 Å². The number of unbranched alkanes of at least 4 members (excludes halogenated alkanes) is 2. The smallest absolute Gasteiger partial charge is 0.329 e. The molecule has 1 saturated heterocycles. The molecule has 1 aliphatic heterocycles. The highest BCUT2D eigenvalue weighted by Gasteiger charge is 2.31. The number of rotatable bonds is 8. The molecule has 2 aromatic rings. The molecule has 0 spiro atoms. The molecular weight excluding hydrogens is 356 g/mol. The van der Waals surface area contributed by atoms with Crippen LogP contribution in [-0.4, -0.2) is 34.0 Å². The molecule has 1 N–H and O–H groups in total. The van der Waals surface area contributed by atoms with E-state index in [1.165, 1.54) is 6.42 Å². The summed E-state index contributed by atoms with van der Waals surface area (Å²) in [6, 6.07) is 5.24. The molecule has 3 rings (SSSR count). The summed E-state index contributed by atoms with van der Waals surface area (Å²) in [6.45, 7) is 6.20. The first-order valence-corrected chi connectivity index (χ1v) is 10.3. The number of hydrogen-bond donors (Lipinski definition) is 1. The van der Waals surface area contributed by atoms with Gasteiger partial charge in [0.2, 0.25) is 11.8 Å². The fourth-order valence-electron chi connectivity index (χ4n) is 4.08. The van der Waals surface area contributed by atoms with Crippen LogP contribution in [0, 0.1) is 0 Å². The van der Waals surface area contributed by atoms with Gasteiger partial charge in [-0.25, -0.2) is 4.79 Å². The van der Waals surface area contributed by atoms with Crippen molar-refractivity contribution in [3.05, 3.63) is 28.7 Å². The number of fused-ring (bicyclic) bond motifs is 1. The lowest BCUT2D eigenvalue weighted by molar-refractivity contribution is -0.135. The molecule has 7 nitrogen and oxygen atoms in total. The lowest BCUT2D eigenvalue weighted by Crippen LogP contribution is -2.44. The fraction of sp³-hybridized carbons (Fsp3) is 0.571. The summed E-state index contributed by atoms with van der Waals surface area (Å²) >= 11 is 0. The zero-order chi connectivity index (χ0) is 20.3. The minimum absolute atomic E-state index is 0.220. The van der Waals surface area contributed by atoms with E-state index in [1.807, 2.05) is 12.1 Å². The summed E-state index contributed by atoms with van der Waals surface area (Å²) in [5.41, 5.74) is 2.40.